The van der Waals surface area contributed by atoms with E-state index in [2.05, 4.69) is 10.1 Å². The van der Waals surface area contributed by atoms with Gasteiger partial charge in [-0.15, -0.1) is 0 Å². The lowest BCUT2D eigenvalue weighted by molar-refractivity contribution is 0.128. The normalized spacial score (nSPS) is 11.3. The fourth-order valence-electron chi connectivity index (χ4n) is 2.24. The van der Waals surface area contributed by atoms with E-state index < -0.39 is 0 Å². The first-order valence-corrected chi connectivity index (χ1v) is 7.36. The van der Waals surface area contributed by atoms with E-state index in [-0.39, 0.29) is 0 Å². The van der Waals surface area contributed by atoms with Gasteiger partial charge < -0.3 is 14.3 Å². The second-order valence-corrected chi connectivity index (χ2v) is 5.30. The molecule has 0 N–H and O–H groups in total. The summed E-state index contributed by atoms with van der Waals surface area (Å²) in [5.41, 5.74) is 4.58. The number of hydrogen-bond donors (Lipinski definition) is 0. The van der Waals surface area contributed by atoms with Crippen molar-refractivity contribution in [1.29, 1.82) is 0 Å². The molecule has 5 nitrogen and oxygen atoms in total. The summed E-state index contributed by atoms with van der Waals surface area (Å²) in [4.78, 5) is 9.92. The highest BCUT2D eigenvalue weighted by atomic mass is 16.6. The molecule has 0 spiro atoms. The topological polar surface area (TPSA) is 52.9 Å². The Hall–Kier alpha value is -2.56. The van der Waals surface area contributed by atoms with E-state index in [0.717, 1.165) is 34.0 Å². The molecule has 1 aromatic carbocycles. The average Bonchev–Trinajstić information content (AvgIpc) is 2.54. The minimum atomic E-state index is 0.315. The van der Waals surface area contributed by atoms with Gasteiger partial charge in [0.1, 0.15) is 23.8 Å². The Morgan fingerprint density at radius 1 is 1.09 bits per heavy atom. The zero-order chi connectivity index (χ0) is 16.8. The number of aryl methyl sites for hydroxylation is 2. The molecule has 0 aliphatic rings. The van der Waals surface area contributed by atoms with Gasteiger partial charge in [0.25, 0.3) is 0 Å². The van der Waals surface area contributed by atoms with Crippen LogP contribution < -0.4 is 9.47 Å². The molecule has 23 heavy (non-hydrogen) atoms. The van der Waals surface area contributed by atoms with Crippen molar-refractivity contribution in [2.24, 2.45) is 5.16 Å². The molecule has 0 saturated carbocycles. The van der Waals surface area contributed by atoms with Gasteiger partial charge in [0, 0.05) is 17.3 Å². The molecule has 2 rings (SSSR count). The molecular formula is C18H22N2O3. The fourth-order valence-corrected chi connectivity index (χ4v) is 2.24. The van der Waals surface area contributed by atoms with Gasteiger partial charge in [0.15, 0.2) is 0 Å². The second-order valence-electron chi connectivity index (χ2n) is 5.30. The summed E-state index contributed by atoms with van der Waals surface area (Å²) in [6.07, 6.45) is 0. The zero-order valence-electron chi connectivity index (χ0n) is 14.2. The number of oxime groups is 1. The Morgan fingerprint density at radius 3 is 2.52 bits per heavy atom. The van der Waals surface area contributed by atoms with Gasteiger partial charge in [-0.1, -0.05) is 5.16 Å². The molecule has 122 valence electrons. The minimum Gasteiger partial charge on any atom is -0.497 e. The van der Waals surface area contributed by atoms with Crippen LogP contribution in [0.3, 0.4) is 0 Å². The lowest BCUT2D eigenvalue weighted by atomic mass is 10.2. The van der Waals surface area contributed by atoms with Gasteiger partial charge in [-0.3, -0.25) is 4.98 Å². The second kappa shape index (κ2) is 7.63. The van der Waals surface area contributed by atoms with Gasteiger partial charge in [-0.25, -0.2) is 0 Å². The lowest BCUT2D eigenvalue weighted by Gasteiger charge is -2.10. The Kier molecular flexibility index (Phi) is 5.57. The smallest absolute Gasteiger partial charge is 0.145 e. The highest BCUT2D eigenvalue weighted by Crippen LogP contribution is 2.25. The zero-order valence-corrected chi connectivity index (χ0v) is 14.2. The number of aromatic nitrogens is 1. The van der Waals surface area contributed by atoms with Crippen LogP contribution in [0.2, 0.25) is 0 Å². The van der Waals surface area contributed by atoms with Gasteiger partial charge in [-0.2, -0.15) is 0 Å². The molecule has 0 unspecified atom stereocenters. The highest BCUT2D eigenvalue weighted by molar-refractivity contribution is 5.96. The molecule has 0 radical (unpaired) electrons. The van der Waals surface area contributed by atoms with Crippen LogP contribution in [-0.2, 0) is 11.4 Å². The third kappa shape index (κ3) is 4.45. The molecule has 0 fully saturated rings. The fraction of sp³-hybridized carbons (Fsp3) is 0.333. The molecule has 0 aliphatic carbocycles. The summed E-state index contributed by atoms with van der Waals surface area (Å²) in [6, 6.07) is 9.60. The number of hydrogen-bond acceptors (Lipinski definition) is 5. The summed E-state index contributed by atoms with van der Waals surface area (Å²) in [5, 5.41) is 4.16. The van der Waals surface area contributed by atoms with Crippen LogP contribution in [0.5, 0.6) is 11.5 Å². The van der Waals surface area contributed by atoms with E-state index >= 15 is 0 Å². The van der Waals surface area contributed by atoms with E-state index in [1.54, 1.807) is 14.2 Å². The van der Waals surface area contributed by atoms with Gasteiger partial charge in [0.2, 0.25) is 0 Å². The van der Waals surface area contributed by atoms with Gasteiger partial charge in [-0.05, 0) is 50.6 Å². The number of rotatable bonds is 6. The van der Waals surface area contributed by atoms with Crippen LogP contribution in [-0.4, -0.2) is 24.9 Å². The number of benzene rings is 1. The van der Waals surface area contributed by atoms with E-state index in [9.17, 15) is 0 Å². The average molecular weight is 314 g/mol. The van der Waals surface area contributed by atoms with Crippen molar-refractivity contribution in [3.05, 3.63) is 52.8 Å². The number of pyridine rings is 1. The van der Waals surface area contributed by atoms with Crippen molar-refractivity contribution in [3.8, 4) is 11.5 Å². The SMILES string of the molecule is COc1ccc(CON=C(C)c2cc(C)cc(C)n2)c(OC)c1. The summed E-state index contributed by atoms with van der Waals surface area (Å²) in [5.74, 6) is 1.45. The predicted molar refractivity (Wildman–Crippen MR) is 90.3 cm³/mol. The Morgan fingerprint density at radius 2 is 1.87 bits per heavy atom. The maximum absolute atomic E-state index is 5.46. The van der Waals surface area contributed by atoms with Crippen molar-refractivity contribution in [1.82, 2.24) is 4.98 Å². The third-order valence-corrected chi connectivity index (χ3v) is 3.38. The molecule has 0 saturated heterocycles. The molecule has 0 atom stereocenters. The largest absolute Gasteiger partial charge is 0.497 e. The summed E-state index contributed by atoms with van der Waals surface area (Å²) in [7, 11) is 3.24. The Labute approximate surface area is 136 Å². The van der Waals surface area contributed by atoms with Gasteiger partial charge >= 0.3 is 0 Å². The molecule has 0 aliphatic heterocycles. The molecule has 0 bridgehead atoms. The van der Waals surface area contributed by atoms with E-state index in [1.165, 1.54) is 0 Å². The van der Waals surface area contributed by atoms with E-state index in [4.69, 9.17) is 14.3 Å². The van der Waals surface area contributed by atoms with Crippen molar-refractivity contribution in [2.75, 3.05) is 14.2 Å². The summed E-state index contributed by atoms with van der Waals surface area (Å²) >= 11 is 0. The number of methoxy groups -OCH3 is 2. The molecule has 5 heteroatoms. The molecule has 1 aromatic heterocycles. The van der Waals surface area contributed by atoms with Crippen LogP contribution in [0.4, 0.5) is 0 Å². The maximum Gasteiger partial charge on any atom is 0.145 e. The Bertz CT molecular complexity index is 691. The predicted octanol–water partition coefficient (Wildman–Crippen LogP) is 3.66. The summed E-state index contributed by atoms with van der Waals surface area (Å²) < 4.78 is 10.5. The number of nitrogens with zero attached hydrogens (tertiary/aromatic N) is 2. The minimum absolute atomic E-state index is 0.315. The molecule has 2 aromatic rings. The van der Waals surface area contributed by atoms with Crippen molar-refractivity contribution in [3.63, 3.8) is 0 Å². The lowest BCUT2D eigenvalue weighted by Crippen LogP contribution is -2.02. The molecule has 0 amide bonds. The van der Waals surface area contributed by atoms with Crippen LogP contribution in [0.1, 0.15) is 29.4 Å². The van der Waals surface area contributed by atoms with Crippen molar-refractivity contribution < 1.29 is 14.3 Å². The highest BCUT2D eigenvalue weighted by Gasteiger charge is 2.06. The molecule has 1 heterocycles. The van der Waals surface area contributed by atoms with Crippen molar-refractivity contribution >= 4 is 5.71 Å². The van der Waals surface area contributed by atoms with Gasteiger partial charge in [0.05, 0.1) is 19.9 Å². The first-order valence-electron chi connectivity index (χ1n) is 7.36. The van der Waals surface area contributed by atoms with Crippen LogP contribution in [0, 0.1) is 13.8 Å². The monoisotopic (exact) mass is 314 g/mol. The molecular weight excluding hydrogens is 292 g/mol. The van der Waals surface area contributed by atoms with Crippen molar-refractivity contribution in [2.45, 2.75) is 27.4 Å². The quantitative estimate of drug-likeness (QED) is 0.603. The van der Waals surface area contributed by atoms with E-state index in [0.29, 0.717) is 12.4 Å². The van der Waals surface area contributed by atoms with E-state index in [1.807, 2.05) is 51.1 Å². The maximum atomic E-state index is 5.46. The first kappa shape index (κ1) is 16.8. The Balaban J connectivity index is 2.08. The summed E-state index contributed by atoms with van der Waals surface area (Å²) in [6.45, 7) is 6.20. The first-order chi connectivity index (χ1) is 11.0. The third-order valence-electron chi connectivity index (χ3n) is 3.38. The number of ether oxygens (including phenoxy) is 2. The van der Waals surface area contributed by atoms with Crippen LogP contribution in [0.25, 0.3) is 0 Å². The van der Waals surface area contributed by atoms with Crippen LogP contribution in [0.15, 0.2) is 35.5 Å². The van der Waals surface area contributed by atoms with Crippen LogP contribution >= 0.6 is 0 Å². The standard InChI is InChI=1S/C18H22N2O3/c1-12-8-13(2)19-17(9-12)14(3)20-23-11-15-6-7-16(21-4)10-18(15)22-5/h6-10H,11H2,1-5H3.